The molecule has 10 heteroatoms. The first-order chi connectivity index (χ1) is 11.4. The van der Waals surface area contributed by atoms with E-state index in [2.05, 4.69) is 10.1 Å². The van der Waals surface area contributed by atoms with E-state index in [1.807, 2.05) is 4.72 Å². The molecule has 1 aromatic rings. The summed E-state index contributed by atoms with van der Waals surface area (Å²) in [4.78, 5) is 22.6. The molecule has 1 rings (SSSR count). The summed E-state index contributed by atoms with van der Waals surface area (Å²) in [6, 6.07) is 7.32. The minimum atomic E-state index is -4.04. The number of rotatable bonds is 9. The largest absolute Gasteiger partial charge is 0.455 e. The molecule has 2 N–H and O–H groups in total. The fourth-order valence-electron chi connectivity index (χ4n) is 1.57. The van der Waals surface area contributed by atoms with Crippen LogP contribution in [0, 0.1) is 11.3 Å². The number of carbonyl (C=O) groups excluding carboxylic acids is 2. The van der Waals surface area contributed by atoms with Gasteiger partial charge in [0, 0.05) is 13.7 Å². The predicted octanol–water partition coefficient (Wildman–Crippen LogP) is -0.858. The van der Waals surface area contributed by atoms with Gasteiger partial charge in [0.2, 0.25) is 10.0 Å². The van der Waals surface area contributed by atoms with E-state index in [1.54, 1.807) is 6.07 Å². The lowest BCUT2D eigenvalue weighted by atomic mass is 10.2. The van der Waals surface area contributed by atoms with Crippen molar-refractivity contribution in [2.45, 2.75) is 4.90 Å². The Morgan fingerprint density at radius 1 is 1.29 bits per heavy atom. The van der Waals surface area contributed by atoms with Crippen molar-refractivity contribution < 1.29 is 27.5 Å². The average Bonchev–Trinajstić information content (AvgIpc) is 2.58. The molecule has 130 valence electrons. The highest BCUT2D eigenvalue weighted by Gasteiger charge is 2.19. The summed E-state index contributed by atoms with van der Waals surface area (Å²) >= 11 is 0. The maximum atomic E-state index is 12.1. The third-order valence-corrected chi connectivity index (χ3v) is 4.16. The Kier molecular flexibility index (Phi) is 7.84. The van der Waals surface area contributed by atoms with Crippen molar-refractivity contribution in [1.82, 2.24) is 10.0 Å². The van der Waals surface area contributed by atoms with Crippen LogP contribution in [0.15, 0.2) is 29.2 Å². The minimum absolute atomic E-state index is 0.0455. The molecule has 0 heterocycles. The molecule has 0 spiro atoms. The van der Waals surface area contributed by atoms with Crippen LogP contribution >= 0.6 is 0 Å². The van der Waals surface area contributed by atoms with Crippen molar-refractivity contribution in [3.63, 3.8) is 0 Å². The first-order valence-electron chi connectivity index (χ1n) is 6.80. The van der Waals surface area contributed by atoms with Crippen molar-refractivity contribution in [2.75, 3.05) is 33.4 Å². The molecule has 0 aromatic heterocycles. The summed E-state index contributed by atoms with van der Waals surface area (Å²) in [5.41, 5.74) is -0.0455. The fraction of sp³-hybridized carbons (Fsp3) is 0.357. The predicted molar refractivity (Wildman–Crippen MR) is 82.2 cm³/mol. The van der Waals surface area contributed by atoms with E-state index in [0.29, 0.717) is 6.61 Å². The van der Waals surface area contributed by atoms with E-state index in [-0.39, 0.29) is 17.0 Å². The maximum Gasteiger partial charge on any atom is 0.321 e. The van der Waals surface area contributed by atoms with Crippen molar-refractivity contribution in [3.05, 3.63) is 29.8 Å². The van der Waals surface area contributed by atoms with Gasteiger partial charge in [0.1, 0.15) is 12.6 Å². The molecule has 9 nitrogen and oxygen atoms in total. The Balaban J connectivity index is 2.49. The zero-order valence-corrected chi connectivity index (χ0v) is 13.8. The third kappa shape index (κ3) is 6.33. The molecule has 0 aliphatic heterocycles. The summed E-state index contributed by atoms with van der Waals surface area (Å²) < 4.78 is 35.5. The summed E-state index contributed by atoms with van der Waals surface area (Å²) in [6.07, 6.45) is 0. The van der Waals surface area contributed by atoms with Gasteiger partial charge in [-0.05, 0) is 12.1 Å². The van der Waals surface area contributed by atoms with Crippen molar-refractivity contribution in [1.29, 1.82) is 5.26 Å². The van der Waals surface area contributed by atoms with Gasteiger partial charge in [-0.15, -0.1) is 0 Å². The number of hydrogen-bond acceptors (Lipinski definition) is 7. The van der Waals surface area contributed by atoms with Crippen LogP contribution in [0.2, 0.25) is 0 Å². The van der Waals surface area contributed by atoms with Crippen LogP contribution in [0.4, 0.5) is 0 Å². The van der Waals surface area contributed by atoms with E-state index in [1.165, 1.54) is 31.4 Å². The van der Waals surface area contributed by atoms with Gasteiger partial charge in [-0.3, -0.25) is 9.59 Å². The summed E-state index contributed by atoms with van der Waals surface area (Å²) in [5, 5.41) is 11.3. The second-order valence-corrected chi connectivity index (χ2v) is 6.17. The molecule has 0 aliphatic carbocycles. The number of methoxy groups -OCH3 is 1. The van der Waals surface area contributed by atoms with Gasteiger partial charge in [0.05, 0.1) is 17.1 Å². The highest BCUT2D eigenvalue weighted by atomic mass is 32.2. The Bertz CT molecular complexity index is 726. The number of esters is 1. The zero-order valence-electron chi connectivity index (χ0n) is 12.9. The molecule has 0 saturated carbocycles. The highest BCUT2D eigenvalue weighted by Crippen LogP contribution is 2.13. The van der Waals surface area contributed by atoms with Gasteiger partial charge in [-0.25, -0.2) is 8.42 Å². The molecule has 0 atom stereocenters. The van der Waals surface area contributed by atoms with Gasteiger partial charge < -0.3 is 14.8 Å². The van der Waals surface area contributed by atoms with Crippen LogP contribution in [0.25, 0.3) is 0 Å². The second kappa shape index (κ2) is 9.61. The Morgan fingerprint density at radius 2 is 2.00 bits per heavy atom. The van der Waals surface area contributed by atoms with Crippen LogP contribution in [0.3, 0.4) is 0 Å². The summed E-state index contributed by atoms with van der Waals surface area (Å²) in [6.45, 7) is -0.602. The number of nitriles is 1. The monoisotopic (exact) mass is 355 g/mol. The topological polar surface area (TPSA) is 135 Å². The number of carbonyl (C=O) groups is 2. The molecule has 0 aliphatic rings. The van der Waals surface area contributed by atoms with Crippen molar-refractivity contribution in [3.8, 4) is 6.07 Å². The second-order valence-electron chi connectivity index (χ2n) is 4.44. The lowest BCUT2D eigenvalue weighted by Crippen LogP contribution is -2.35. The van der Waals surface area contributed by atoms with Gasteiger partial charge >= 0.3 is 5.97 Å². The van der Waals surface area contributed by atoms with Crippen LogP contribution in [0.1, 0.15) is 5.56 Å². The minimum Gasteiger partial charge on any atom is -0.455 e. The molecule has 0 bridgehead atoms. The molecule has 0 unspecified atom stereocenters. The Hall–Kier alpha value is -2.48. The first-order valence-corrected chi connectivity index (χ1v) is 8.29. The van der Waals surface area contributed by atoms with E-state index in [0.717, 1.165) is 0 Å². The molecule has 0 radical (unpaired) electrons. The Morgan fingerprint density at radius 3 is 2.67 bits per heavy atom. The highest BCUT2D eigenvalue weighted by molar-refractivity contribution is 7.89. The van der Waals surface area contributed by atoms with Crippen LogP contribution < -0.4 is 10.0 Å². The van der Waals surface area contributed by atoms with Gasteiger partial charge in [0.25, 0.3) is 5.91 Å². The zero-order chi connectivity index (χ0) is 18.0. The smallest absolute Gasteiger partial charge is 0.321 e. The fourth-order valence-corrected chi connectivity index (χ4v) is 2.69. The van der Waals surface area contributed by atoms with Crippen LogP contribution in [0.5, 0.6) is 0 Å². The molecule has 1 amide bonds. The standard InChI is InChI=1S/C14H17N3O6S/c1-22-7-6-16-13(18)10-23-14(19)9-17-24(20,21)12-5-3-2-4-11(12)8-15/h2-5,17H,6-7,9-10H2,1H3,(H,16,18). The summed E-state index contributed by atoms with van der Waals surface area (Å²) in [7, 11) is -2.57. The number of sulfonamides is 1. The lowest BCUT2D eigenvalue weighted by Gasteiger charge is -2.08. The van der Waals surface area contributed by atoms with Gasteiger partial charge in [-0.1, -0.05) is 12.1 Å². The maximum absolute atomic E-state index is 12.1. The lowest BCUT2D eigenvalue weighted by molar-refractivity contribution is -0.147. The molecular formula is C14H17N3O6S. The third-order valence-electron chi connectivity index (χ3n) is 2.70. The molecule has 0 saturated heterocycles. The van der Waals surface area contributed by atoms with E-state index in [4.69, 9.17) is 10.00 Å². The van der Waals surface area contributed by atoms with Gasteiger partial charge in [0.15, 0.2) is 6.61 Å². The van der Waals surface area contributed by atoms with E-state index < -0.39 is 35.1 Å². The molecule has 24 heavy (non-hydrogen) atoms. The summed E-state index contributed by atoms with van der Waals surface area (Å²) in [5.74, 6) is -1.45. The van der Waals surface area contributed by atoms with Crippen LogP contribution in [-0.2, 0) is 29.1 Å². The molecule has 1 aromatic carbocycles. The Labute approximate surface area is 139 Å². The van der Waals surface area contributed by atoms with Crippen molar-refractivity contribution in [2.24, 2.45) is 0 Å². The first kappa shape index (κ1) is 19.6. The number of amides is 1. The number of benzene rings is 1. The molecule has 0 fully saturated rings. The number of nitrogens with zero attached hydrogens (tertiary/aromatic N) is 1. The number of ether oxygens (including phenoxy) is 2. The van der Waals surface area contributed by atoms with E-state index in [9.17, 15) is 18.0 Å². The SMILES string of the molecule is COCCNC(=O)COC(=O)CNS(=O)(=O)c1ccccc1C#N. The van der Waals surface area contributed by atoms with Gasteiger partial charge in [-0.2, -0.15) is 9.98 Å². The van der Waals surface area contributed by atoms with Crippen molar-refractivity contribution >= 4 is 21.9 Å². The van der Waals surface area contributed by atoms with Crippen LogP contribution in [-0.4, -0.2) is 53.7 Å². The van der Waals surface area contributed by atoms with E-state index >= 15 is 0 Å². The molecular weight excluding hydrogens is 338 g/mol. The normalized spacial score (nSPS) is 10.7. The number of hydrogen-bond donors (Lipinski definition) is 2. The quantitative estimate of drug-likeness (QED) is 0.435. The number of nitrogens with one attached hydrogen (secondary N) is 2. The average molecular weight is 355 g/mol.